The number of fused-ring (bicyclic) bond motifs is 1. The van der Waals surface area contributed by atoms with Gasteiger partial charge in [0, 0.05) is 19.4 Å². The highest BCUT2D eigenvalue weighted by molar-refractivity contribution is 5.76. The zero-order valence-corrected chi connectivity index (χ0v) is 10.4. The molecule has 0 fully saturated rings. The molecule has 0 unspecified atom stereocenters. The van der Waals surface area contributed by atoms with Crippen molar-refractivity contribution in [2.24, 2.45) is 0 Å². The first-order valence-corrected chi connectivity index (χ1v) is 5.82. The van der Waals surface area contributed by atoms with Crippen molar-refractivity contribution in [1.82, 2.24) is 14.6 Å². The topological polar surface area (TPSA) is 57.2 Å². The summed E-state index contributed by atoms with van der Waals surface area (Å²) in [7, 11) is 1.89. The lowest BCUT2D eigenvalue weighted by molar-refractivity contribution is 0.938. The van der Waals surface area contributed by atoms with Gasteiger partial charge in [0.2, 0.25) is 0 Å². The van der Waals surface area contributed by atoms with E-state index in [4.69, 9.17) is 0 Å². The van der Waals surface area contributed by atoms with Crippen molar-refractivity contribution in [3.05, 3.63) is 54.5 Å². The number of nitrogens with zero attached hydrogens (tertiary/aromatic N) is 5. The predicted octanol–water partition coefficient (Wildman–Crippen LogP) is 2.37. The highest BCUT2D eigenvalue weighted by Gasteiger charge is 2.13. The quantitative estimate of drug-likeness (QED) is 0.699. The van der Waals surface area contributed by atoms with Gasteiger partial charge in [-0.25, -0.2) is 9.50 Å². The molecule has 0 aliphatic heterocycles. The Hall–Kier alpha value is -2.87. The molecule has 19 heavy (non-hydrogen) atoms. The Labute approximate surface area is 110 Å². The van der Waals surface area contributed by atoms with Gasteiger partial charge in [-0.05, 0) is 18.2 Å². The van der Waals surface area contributed by atoms with E-state index >= 15 is 0 Å². The number of rotatable bonds is 2. The second kappa shape index (κ2) is 4.42. The summed E-state index contributed by atoms with van der Waals surface area (Å²) < 4.78 is 1.76. The first-order valence-electron chi connectivity index (χ1n) is 5.82. The second-order valence-corrected chi connectivity index (χ2v) is 4.10. The van der Waals surface area contributed by atoms with Crippen molar-refractivity contribution in [1.29, 1.82) is 5.26 Å². The molecule has 0 spiro atoms. The number of nitriles is 1. The SMILES string of the molecule is CN(c1ccccc1C#N)c1nccn2nccc12. The van der Waals surface area contributed by atoms with Gasteiger partial charge in [-0.1, -0.05) is 12.1 Å². The van der Waals surface area contributed by atoms with Crippen molar-refractivity contribution >= 4 is 17.0 Å². The van der Waals surface area contributed by atoms with E-state index in [0.29, 0.717) is 5.56 Å². The number of para-hydroxylation sites is 1. The third-order valence-corrected chi connectivity index (χ3v) is 3.01. The number of aromatic nitrogens is 3. The smallest absolute Gasteiger partial charge is 0.158 e. The van der Waals surface area contributed by atoms with Gasteiger partial charge in [-0.3, -0.25) is 0 Å². The van der Waals surface area contributed by atoms with Crippen LogP contribution in [-0.4, -0.2) is 21.6 Å². The lowest BCUT2D eigenvalue weighted by atomic mass is 10.2. The molecule has 92 valence electrons. The first kappa shape index (κ1) is 11.2. The zero-order valence-electron chi connectivity index (χ0n) is 10.4. The van der Waals surface area contributed by atoms with E-state index in [2.05, 4.69) is 16.2 Å². The minimum absolute atomic E-state index is 0.619. The summed E-state index contributed by atoms with van der Waals surface area (Å²) in [5.74, 6) is 0.766. The van der Waals surface area contributed by atoms with Crippen molar-refractivity contribution < 1.29 is 0 Å². The number of hydrogen-bond acceptors (Lipinski definition) is 4. The van der Waals surface area contributed by atoms with Gasteiger partial charge in [0.15, 0.2) is 5.82 Å². The monoisotopic (exact) mass is 249 g/mol. The molecule has 5 heteroatoms. The van der Waals surface area contributed by atoms with E-state index in [1.54, 1.807) is 29.2 Å². The van der Waals surface area contributed by atoms with Crippen molar-refractivity contribution in [3.8, 4) is 6.07 Å². The molecule has 0 radical (unpaired) electrons. The lowest BCUT2D eigenvalue weighted by Crippen LogP contribution is -2.13. The summed E-state index contributed by atoms with van der Waals surface area (Å²) in [6.45, 7) is 0. The number of benzene rings is 1. The molecule has 0 aliphatic carbocycles. The fraction of sp³-hybridized carbons (Fsp3) is 0.0714. The van der Waals surface area contributed by atoms with Crippen LogP contribution < -0.4 is 4.90 Å². The number of hydrogen-bond donors (Lipinski definition) is 0. The van der Waals surface area contributed by atoms with Crippen LogP contribution in [-0.2, 0) is 0 Å². The van der Waals surface area contributed by atoms with E-state index in [1.165, 1.54) is 0 Å². The summed E-state index contributed by atoms with van der Waals surface area (Å²) in [6, 6.07) is 11.5. The molecule has 0 N–H and O–H groups in total. The molecule has 0 aliphatic rings. The van der Waals surface area contributed by atoms with Gasteiger partial charge in [0.1, 0.15) is 11.6 Å². The minimum atomic E-state index is 0.619. The standard InChI is InChI=1S/C14H11N5/c1-18(12-5-3-2-4-11(12)10-15)14-13-6-7-17-19(13)9-8-16-14/h2-9H,1H3. The molecule has 0 saturated heterocycles. The molecule has 5 nitrogen and oxygen atoms in total. The Bertz CT molecular complexity index is 769. The second-order valence-electron chi connectivity index (χ2n) is 4.10. The largest absolute Gasteiger partial charge is 0.327 e. The molecule has 0 atom stereocenters. The molecular formula is C14H11N5. The maximum absolute atomic E-state index is 9.17. The van der Waals surface area contributed by atoms with E-state index in [0.717, 1.165) is 17.0 Å². The third kappa shape index (κ3) is 1.79. The molecule has 1 aromatic carbocycles. The predicted molar refractivity (Wildman–Crippen MR) is 72.2 cm³/mol. The maximum atomic E-state index is 9.17. The lowest BCUT2D eigenvalue weighted by Gasteiger charge is -2.19. The molecule has 0 bridgehead atoms. The summed E-state index contributed by atoms with van der Waals surface area (Å²) >= 11 is 0. The minimum Gasteiger partial charge on any atom is -0.327 e. The van der Waals surface area contributed by atoms with Crippen LogP contribution in [0.2, 0.25) is 0 Å². The highest BCUT2D eigenvalue weighted by Crippen LogP contribution is 2.27. The van der Waals surface area contributed by atoms with Crippen molar-refractivity contribution in [2.45, 2.75) is 0 Å². The first-order chi connectivity index (χ1) is 9.31. The average molecular weight is 249 g/mol. The normalized spacial score (nSPS) is 10.3. The van der Waals surface area contributed by atoms with Crippen LogP contribution >= 0.6 is 0 Å². The Kier molecular flexibility index (Phi) is 2.62. The van der Waals surface area contributed by atoms with Crippen LogP contribution in [0.1, 0.15) is 5.56 Å². The molecule has 2 heterocycles. The van der Waals surface area contributed by atoms with Crippen LogP contribution in [0.5, 0.6) is 0 Å². The molecule has 2 aromatic heterocycles. The summed E-state index contributed by atoms with van der Waals surface area (Å²) in [5, 5.41) is 13.4. The Balaban J connectivity index is 2.17. The van der Waals surface area contributed by atoms with Gasteiger partial charge in [-0.2, -0.15) is 10.4 Å². The highest BCUT2D eigenvalue weighted by atomic mass is 15.3. The maximum Gasteiger partial charge on any atom is 0.158 e. The van der Waals surface area contributed by atoms with Crippen molar-refractivity contribution in [2.75, 3.05) is 11.9 Å². The molecule has 0 amide bonds. The van der Waals surface area contributed by atoms with Crippen LogP contribution in [0, 0.1) is 11.3 Å². The van der Waals surface area contributed by atoms with E-state index in [9.17, 15) is 5.26 Å². The Morgan fingerprint density at radius 3 is 2.89 bits per heavy atom. The molecule has 0 saturated carbocycles. The van der Waals surface area contributed by atoms with E-state index in [1.807, 2.05) is 36.2 Å². The van der Waals surface area contributed by atoms with Crippen molar-refractivity contribution in [3.63, 3.8) is 0 Å². The Morgan fingerprint density at radius 2 is 2.05 bits per heavy atom. The summed E-state index contributed by atoms with van der Waals surface area (Å²) in [4.78, 5) is 6.28. The third-order valence-electron chi connectivity index (χ3n) is 3.01. The van der Waals surface area contributed by atoms with Crippen LogP contribution in [0.4, 0.5) is 11.5 Å². The van der Waals surface area contributed by atoms with Gasteiger partial charge in [0.25, 0.3) is 0 Å². The molecular weight excluding hydrogens is 238 g/mol. The average Bonchev–Trinajstić information content (AvgIpc) is 2.94. The van der Waals surface area contributed by atoms with Crippen LogP contribution in [0.25, 0.3) is 5.52 Å². The molecule has 3 rings (SSSR count). The summed E-state index contributed by atoms with van der Waals surface area (Å²) in [6.07, 6.45) is 5.22. The van der Waals surface area contributed by atoms with Gasteiger partial charge < -0.3 is 4.90 Å². The fourth-order valence-corrected chi connectivity index (χ4v) is 2.08. The number of anilines is 2. The van der Waals surface area contributed by atoms with Crippen LogP contribution in [0.3, 0.4) is 0 Å². The van der Waals surface area contributed by atoms with Crippen LogP contribution in [0.15, 0.2) is 48.9 Å². The van der Waals surface area contributed by atoms with Gasteiger partial charge in [0.05, 0.1) is 17.4 Å². The molecule has 3 aromatic rings. The fourth-order valence-electron chi connectivity index (χ4n) is 2.08. The Morgan fingerprint density at radius 1 is 1.21 bits per heavy atom. The van der Waals surface area contributed by atoms with E-state index < -0.39 is 0 Å². The van der Waals surface area contributed by atoms with E-state index in [-0.39, 0.29) is 0 Å². The summed E-state index contributed by atoms with van der Waals surface area (Å²) in [5.41, 5.74) is 2.35. The van der Waals surface area contributed by atoms with Gasteiger partial charge >= 0.3 is 0 Å². The van der Waals surface area contributed by atoms with Gasteiger partial charge in [-0.15, -0.1) is 0 Å². The zero-order chi connectivity index (χ0) is 13.2.